The van der Waals surface area contributed by atoms with Crippen LogP contribution in [0, 0.1) is 6.92 Å². The lowest BCUT2D eigenvalue weighted by Gasteiger charge is -2.06. The van der Waals surface area contributed by atoms with Crippen molar-refractivity contribution in [2.45, 2.75) is 11.9 Å². The fourth-order valence-electron chi connectivity index (χ4n) is 2.43. The van der Waals surface area contributed by atoms with Crippen LogP contribution in [0.2, 0.25) is 0 Å². The number of carbonyl (C=O) groups excluding carboxylic acids is 1. The van der Waals surface area contributed by atoms with E-state index in [0.29, 0.717) is 5.75 Å². The molecule has 0 saturated carbocycles. The Balaban J connectivity index is 1.38. The third kappa shape index (κ3) is 3.77. The summed E-state index contributed by atoms with van der Waals surface area (Å²) < 4.78 is 0. The van der Waals surface area contributed by atoms with Crippen LogP contribution in [0.3, 0.4) is 0 Å². The molecule has 0 radical (unpaired) electrons. The van der Waals surface area contributed by atoms with Crippen molar-refractivity contribution in [3.63, 3.8) is 0 Å². The summed E-state index contributed by atoms with van der Waals surface area (Å²) in [5.41, 5.74) is 2.78. The van der Waals surface area contributed by atoms with E-state index in [-0.39, 0.29) is 5.91 Å². The minimum atomic E-state index is -0.0609. The van der Waals surface area contributed by atoms with E-state index >= 15 is 0 Å². The Morgan fingerprint density at radius 1 is 1.15 bits per heavy atom. The number of aryl methyl sites for hydroxylation is 1. The lowest BCUT2D eigenvalue weighted by Crippen LogP contribution is -2.14. The monoisotopic (exact) mass is 398 g/mol. The first-order valence-electron chi connectivity index (χ1n) is 7.82. The molecule has 0 unspecified atom stereocenters. The molecule has 0 fully saturated rings. The molecule has 0 saturated heterocycles. The SMILES string of the molecule is Cc1nc(-c2ccc(NC(=O)CSc3ncnc4sccc34)cc2)cs1. The highest BCUT2D eigenvalue weighted by Gasteiger charge is 2.09. The first-order chi connectivity index (χ1) is 12.7. The molecule has 0 aliphatic rings. The number of thioether (sulfide) groups is 1. The second-order valence-electron chi connectivity index (χ2n) is 5.48. The van der Waals surface area contributed by atoms with Gasteiger partial charge in [-0.2, -0.15) is 0 Å². The average Bonchev–Trinajstić information content (AvgIpc) is 3.29. The number of thiophene rings is 1. The van der Waals surface area contributed by atoms with Gasteiger partial charge in [0, 0.05) is 22.0 Å². The molecule has 0 aliphatic heterocycles. The molecule has 0 bridgehead atoms. The van der Waals surface area contributed by atoms with Crippen molar-refractivity contribution in [3.05, 3.63) is 52.4 Å². The molecule has 0 spiro atoms. The molecule has 4 rings (SSSR count). The van der Waals surface area contributed by atoms with Gasteiger partial charge in [0.1, 0.15) is 16.2 Å². The van der Waals surface area contributed by atoms with Crippen LogP contribution in [0.1, 0.15) is 5.01 Å². The third-order valence-corrected chi connectivity index (χ3v) is 6.25. The number of fused-ring (bicyclic) bond motifs is 1. The van der Waals surface area contributed by atoms with E-state index in [1.165, 1.54) is 18.1 Å². The minimum absolute atomic E-state index is 0.0609. The summed E-state index contributed by atoms with van der Waals surface area (Å²) in [6.07, 6.45) is 1.54. The summed E-state index contributed by atoms with van der Waals surface area (Å²) in [6.45, 7) is 1.99. The summed E-state index contributed by atoms with van der Waals surface area (Å²) in [5, 5.41) is 9.81. The molecule has 1 aromatic carbocycles. The lowest BCUT2D eigenvalue weighted by molar-refractivity contribution is -0.113. The Morgan fingerprint density at radius 2 is 2.00 bits per heavy atom. The normalized spacial score (nSPS) is 11.0. The number of amides is 1. The third-order valence-electron chi connectivity index (χ3n) is 3.65. The van der Waals surface area contributed by atoms with E-state index in [4.69, 9.17) is 0 Å². The van der Waals surface area contributed by atoms with Crippen molar-refractivity contribution in [3.8, 4) is 11.3 Å². The van der Waals surface area contributed by atoms with Crippen LogP contribution in [0.25, 0.3) is 21.5 Å². The number of thiazole rings is 1. The van der Waals surface area contributed by atoms with Gasteiger partial charge in [-0.15, -0.1) is 22.7 Å². The maximum absolute atomic E-state index is 12.2. The Bertz CT molecular complexity index is 1060. The van der Waals surface area contributed by atoms with Gasteiger partial charge in [-0.05, 0) is 30.5 Å². The molecule has 4 aromatic rings. The summed E-state index contributed by atoms with van der Waals surface area (Å²) in [7, 11) is 0. The standard InChI is InChI=1S/C18H14N4OS3/c1-11-21-15(8-25-11)12-2-4-13(5-3-12)22-16(23)9-26-18-14-6-7-24-17(14)19-10-20-18/h2-8,10H,9H2,1H3,(H,22,23). The maximum Gasteiger partial charge on any atom is 0.234 e. The zero-order valence-electron chi connectivity index (χ0n) is 13.8. The van der Waals surface area contributed by atoms with Crippen molar-refractivity contribution in [2.24, 2.45) is 0 Å². The number of hydrogen-bond acceptors (Lipinski definition) is 7. The van der Waals surface area contributed by atoms with Crippen molar-refractivity contribution in [1.29, 1.82) is 0 Å². The number of hydrogen-bond donors (Lipinski definition) is 1. The predicted octanol–water partition coefficient (Wildman–Crippen LogP) is 4.85. The van der Waals surface area contributed by atoms with Gasteiger partial charge < -0.3 is 5.32 Å². The zero-order valence-corrected chi connectivity index (χ0v) is 16.3. The van der Waals surface area contributed by atoms with Crippen LogP contribution >= 0.6 is 34.4 Å². The number of nitrogens with one attached hydrogen (secondary N) is 1. The lowest BCUT2D eigenvalue weighted by atomic mass is 10.1. The van der Waals surface area contributed by atoms with Crippen LogP contribution in [0.15, 0.2) is 52.4 Å². The fraction of sp³-hybridized carbons (Fsp3) is 0.111. The smallest absolute Gasteiger partial charge is 0.234 e. The summed E-state index contributed by atoms with van der Waals surface area (Å²) in [6, 6.07) is 9.72. The zero-order chi connectivity index (χ0) is 17.9. The summed E-state index contributed by atoms with van der Waals surface area (Å²) in [5.74, 6) is 0.240. The van der Waals surface area contributed by atoms with E-state index in [9.17, 15) is 4.79 Å². The second kappa shape index (κ2) is 7.53. The molecular weight excluding hydrogens is 384 g/mol. The molecule has 1 N–H and O–H groups in total. The quantitative estimate of drug-likeness (QED) is 0.384. The molecule has 8 heteroatoms. The Kier molecular flexibility index (Phi) is 4.96. The fourth-order valence-corrected chi connectivity index (χ4v) is 4.63. The molecule has 1 amide bonds. The Labute approximate surface area is 162 Å². The van der Waals surface area contributed by atoms with Crippen LogP contribution < -0.4 is 5.32 Å². The topological polar surface area (TPSA) is 67.8 Å². The van der Waals surface area contributed by atoms with Gasteiger partial charge >= 0.3 is 0 Å². The highest BCUT2D eigenvalue weighted by molar-refractivity contribution is 8.00. The maximum atomic E-state index is 12.2. The van der Waals surface area contributed by atoms with Crippen LogP contribution in [0.4, 0.5) is 5.69 Å². The number of anilines is 1. The number of nitrogens with zero attached hydrogens (tertiary/aromatic N) is 3. The van der Waals surface area contributed by atoms with Crippen LogP contribution in [-0.4, -0.2) is 26.6 Å². The van der Waals surface area contributed by atoms with Gasteiger partial charge in [-0.1, -0.05) is 23.9 Å². The first-order valence-corrected chi connectivity index (χ1v) is 10.6. The van der Waals surface area contributed by atoms with Gasteiger partial charge in [0.25, 0.3) is 0 Å². The molecule has 0 atom stereocenters. The van der Waals surface area contributed by atoms with Gasteiger partial charge in [0.15, 0.2) is 0 Å². The van der Waals surface area contributed by atoms with E-state index in [0.717, 1.165) is 37.2 Å². The number of rotatable bonds is 5. The van der Waals surface area contributed by atoms with Crippen LogP contribution in [-0.2, 0) is 4.79 Å². The van der Waals surface area contributed by atoms with Crippen molar-refractivity contribution in [2.75, 3.05) is 11.1 Å². The first kappa shape index (κ1) is 17.1. The van der Waals surface area contributed by atoms with Gasteiger partial charge in [0.2, 0.25) is 5.91 Å². The number of benzene rings is 1. The predicted molar refractivity (Wildman–Crippen MR) is 109 cm³/mol. The Morgan fingerprint density at radius 3 is 2.77 bits per heavy atom. The van der Waals surface area contributed by atoms with Gasteiger partial charge in [-0.25, -0.2) is 15.0 Å². The van der Waals surface area contributed by atoms with Crippen LogP contribution in [0.5, 0.6) is 0 Å². The molecule has 3 aromatic heterocycles. The molecule has 3 heterocycles. The summed E-state index contributed by atoms with van der Waals surface area (Å²) in [4.78, 5) is 26.1. The molecule has 130 valence electrons. The van der Waals surface area contributed by atoms with E-state index < -0.39 is 0 Å². The molecular formula is C18H14N4OS3. The average molecular weight is 399 g/mol. The highest BCUT2D eigenvalue weighted by atomic mass is 32.2. The largest absolute Gasteiger partial charge is 0.325 e. The van der Waals surface area contributed by atoms with E-state index in [1.54, 1.807) is 22.7 Å². The number of aromatic nitrogens is 3. The van der Waals surface area contributed by atoms with Crippen molar-refractivity contribution < 1.29 is 4.79 Å². The van der Waals surface area contributed by atoms with Crippen molar-refractivity contribution >= 4 is 56.2 Å². The number of carbonyl (C=O) groups is 1. The summed E-state index contributed by atoms with van der Waals surface area (Å²) >= 11 is 4.62. The molecule has 0 aliphatic carbocycles. The second-order valence-corrected chi connectivity index (χ2v) is 8.41. The molecule has 26 heavy (non-hydrogen) atoms. The van der Waals surface area contributed by atoms with E-state index in [2.05, 4.69) is 20.3 Å². The minimum Gasteiger partial charge on any atom is -0.325 e. The van der Waals surface area contributed by atoms with E-state index in [1.807, 2.05) is 48.0 Å². The van der Waals surface area contributed by atoms with Crippen molar-refractivity contribution in [1.82, 2.24) is 15.0 Å². The van der Waals surface area contributed by atoms with Gasteiger partial charge in [-0.3, -0.25) is 4.79 Å². The highest BCUT2D eigenvalue weighted by Crippen LogP contribution is 2.28. The van der Waals surface area contributed by atoms with Gasteiger partial charge in [0.05, 0.1) is 16.5 Å². The Hall–Kier alpha value is -2.29. The molecule has 5 nitrogen and oxygen atoms in total.